The van der Waals surface area contributed by atoms with Gasteiger partial charge in [-0.15, -0.1) is 0 Å². The number of pyridine rings is 1. The highest BCUT2D eigenvalue weighted by atomic mass is 35.5. The molecule has 2 rings (SSSR count). The summed E-state index contributed by atoms with van der Waals surface area (Å²) in [6.45, 7) is 0.491. The largest absolute Gasteiger partial charge is 0.328 e. The van der Waals surface area contributed by atoms with E-state index in [1.165, 1.54) is 0 Å². The van der Waals surface area contributed by atoms with Crippen molar-refractivity contribution in [3.63, 3.8) is 0 Å². The third kappa shape index (κ3) is 2.40. The molecule has 0 radical (unpaired) electrons. The van der Waals surface area contributed by atoms with Gasteiger partial charge in [0, 0.05) is 25.5 Å². The van der Waals surface area contributed by atoms with E-state index in [9.17, 15) is 0 Å². The average molecular weight is 248 g/mol. The zero-order chi connectivity index (χ0) is 12.3. The second kappa shape index (κ2) is 5.17. The number of halogens is 1. The molecule has 0 saturated heterocycles. The summed E-state index contributed by atoms with van der Waals surface area (Å²) in [6, 6.07) is 11.6. The first-order valence-electron chi connectivity index (χ1n) is 5.36. The van der Waals surface area contributed by atoms with Crippen molar-refractivity contribution in [3.05, 3.63) is 53.2 Å². The molecule has 17 heavy (non-hydrogen) atoms. The van der Waals surface area contributed by atoms with E-state index >= 15 is 0 Å². The van der Waals surface area contributed by atoms with Gasteiger partial charge in [-0.3, -0.25) is 0 Å². The molecule has 0 aliphatic rings. The van der Waals surface area contributed by atoms with Crippen molar-refractivity contribution in [2.75, 3.05) is 11.9 Å². The number of nitrogens with zero attached hydrogens (tertiary/aromatic N) is 2. The smallest absolute Gasteiger partial charge is 0.151 e. The summed E-state index contributed by atoms with van der Waals surface area (Å²) >= 11 is 6.13. The Kier molecular flexibility index (Phi) is 3.61. The average Bonchev–Trinajstić information content (AvgIpc) is 2.38. The zero-order valence-electron chi connectivity index (χ0n) is 9.60. The molecule has 3 nitrogen and oxygen atoms in total. The number of hydrogen-bond donors (Lipinski definition) is 1. The van der Waals surface area contributed by atoms with Crippen LogP contribution in [-0.4, -0.2) is 12.0 Å². The molecular weight excluding hydrogens is 234 g/mol. The maximum absolute atomic E-state index is 6.13. The first kappa shape index (κ1) is 11.9. The Bertz CT molecular complexity index is 514. The van der Waals surface area contributed by atoms with Crippen molar-refractivity contribution in [1.82, 2.24) is 4.98 Å². The lowest BCUT2D eigenvalue weighted by atomic mass is 10.1. The number of rotatable bonds is 3. The summed E-state index contributed by atoms with van der Waals surface area (Å²) < 4.78 is 0. The van der Waals surface area contributed by atoms with Crippen LogP contribution in [0.3, 0.4) is 0 Å². The summed E-state index contributed by atoms with van der Waals surface area (Å²) in [7, 11) is 1.93. The van der Waals surface area contributed by atoms with Gasteiger partial charge in [-0.1, -0.05) is 29.8 Å². The Labute approximate surface area is 106 Å². The Morgan fingerprint density at radius 3 is 2.71 bits per heavy atom. The van der Waals surface area contributed by atoms with Crippen LogP contribution in [0, 0.1) is 0 Å². The number of nitrogens with two attached hydrogens (primary N) is 1. The molecule has 88 valence electrons. The van der Waals surface area contributed by atoms with Gasteiger partial charge in [0.2, 0.25) is 0 Å². The minimum Gasteiger partial charge on any atom is -0.328 e. The lowest BCUT2D eigenvalue weighted by molar-refractivity contribution is 1.03. The Hall–Kier alpha value is -1.58. The van der Waals surface area contributed by atoms with E-state index in [1.807, 2.05) is 48.3 Å². The van der Waals surface area contributed by atoms with Gasteiger partial charge in [0.05, 0.1) is 5.02 Å². The van der Waals surface area contributed by atoms with E-state index in [2.05, 4.69) is 4.98 Å². The minimum absolute atomic E-state index is 0.491. The topological polar surface area (TPSA) is 42.1 Å². The van der Waals surface area contributed by atoms with E-state index in [0.717, 1.165) is 17.1 Å². The van der Waals surface area contributed by atoms with Gasteiger partial charge in [-0.05, 0) is 23.8 Å². The van der Waals surface area contributed by atoms with Gasteiger partial charge < -0.3 is 10.6 Å². The molecule has 0 aliphatic heterocycles. The van der Waals surface area contributed by atoms with Crippen LogP contribution in [0.5, 0.6) is 0 Å². The van der Waals surface area contributed by atoms with Crippen molar-refractivity contribution in [2.24, 2.45) is 5.73 Å². The summed E-state index contributed by atoms with van der Waals surface area (Å²) in [4.78, 5) is 6.23. The van der Waals surface area contributed by atoms with Crippen molar-refractivity contribution in [2.45, 2.75) is 6.54 Å². The molecule has 0 fully saturated rings. The molecular formula is C13H14ClN3. The summed E-state index contributed by atoms with van der Waals surface area (Å²) in [5.74, 6) is 0.732. The van der Waals surface area contributed by atoms with Crippen molar-refractivity contribution >= 4 is 23.1 Å². The molecule has 1 aromatic heterocycles. The highest BCUT2D eigenvalue weighted by molar-refractivity contribution is 6.33. The van der Waals surface area contributed by atoms with E-state index < -0.39 is 0 Å². The van der Waals surface area contributed by atoms with Crippen LogP contribution in [0.1, 0.15) is 5.56 Å². The first-order valence-corrected chi connectivity index (χ1v) is 5.74. The summed E-state index contributed by atoms with van der Waals surface area (Å²) in [5, 5.41) is 0.627. The SMILES string of the molecule is CN(c1ccccc1CN)c1ncccc1Cl. The van der Waals surface area contributed by atoms with Crippen LogP contribution in [0.25, 0.3) is 0 Å². The summed E-state index contributed by atoms with van der Waals surface area (Å²) in [5.41, 5.74) is 7.81. The second-order valence-electron chi connectivity index (χ2n) is 3.70. The molecule has 4 heteroatoms. The molecule has 1 aromatic carbocycles. The predicted octanol–water partition coefficient (Wildman–Crippen LogP) is 2.96. The van der Waals surface area contributed by atoms with Crippen LogP contribution >= 0.6 is 11.6 Å². The number of aromatic nitrogens is 1. The molecule has 1 heterocycles. The van der Waals surface area contributed by atoms with Crippen LogP contribution in [0.2, 0.25) is 5.02 Å². The van der Waals surface area contributed by atoms with Crippen molar-refractivity contribution in [3.8, 4) is 0 Å². The Balaban J connectivity index is 2.44. The maximum atomic E-state index is 6.13. The van der Waals surface area contributed by atoms with Gasteiger partial charge in [-0.25, -0.2) is 4.98 Å². The van der Waals surface area contributed by atoms with Crippen molar-refractivity contribution < 1.29 is 0 Å². The van der Waals surface area contributed by atoms with Crippen molar-refractivity contribution in [1.29, 1.82) is 0 Å². The third-order valence-corrected chi connectivity index (χ3v) is 2.92. The van der Waals surface area contributed by atoms with E-state index in [1.54, 1.807) is 6.20 Å². The van der Waals surface area contributed by atoms with E-state index in [0.29, 0.717) is 11.6 Å². The molecule has 0 saturated carbocycles. The molecule has 0 amide bonds. The quantitative estimate of drug-likeness (QED) is 0.907. The highest BCUT2D eigenvalue weighted by Crippen LogP contribution is 2.29. The molecule has 0 unspecified atom stereocenters. The standard InChI is InChI=1S/C13H14ClN3/c1-17(13-11(14)6-4-8-16-13)12-7-3-2-5-10(12)9-15/h2-8H,9,15H2,1H3. The van der Waals surface area contributed by atoms with Gasteiger partial charge in [-0.2, -0.15) is 0 Å². The lowest BCUT2D eigenvalue weighted by Crippen LogP contribution is -2.14. The monoisotopic (exact) mass is 247 g/mol. The van der Waals surface area contributed by atoms with Crippen LogP contribution < -0.4 is 10.6 Å². The third-order valence-electron chi connectivity index (χ3n) is 2.63. The van der Waals surface area contributed by atoms with Gasteiger partial charge >= 0.3 is 0 Å². The predicted molar refractivity (Wildman–Crippen MR) is 71.6 cm³/mol. The molecule has 2 N–H and O–H groups in total. The number of hydrogen-bond acceptors (Lipinski definition) is 3. The fraction of sp³-hybridized carbons (Fsp3) is 0.154. The van der Waals surface area contributed by atoms with Gasteiger partial charge in [0.15, 0.2) is 5.82 Å². The number of anilines is 2. The van der Waals surface area contributed by atoms with Crippen LogP contribution in [0.15, 0.2) is 42.6 Å². The fourth-order valence-electron chi connectivity index (χ4n) is 1.75. The molecule has 0 bridgehead atoms. The van der Waals surface area contributed by atoms with E-state index in [4.69, 9.17) is 17.3 Å². The van der Waals surface area contributed by atoms with E-state index in [-0.39, 0.29) is 0 Å². The number of benzene rings is 1. The first-order chi connectivity index (χ1) is 8.24. The molecule has 0 spiro atoms. The van der Waals surface area contributed by atoms with Gasteiger partial charge in [0.25, 0.3) is 0 Å². The van der Waals surface area contributed by atoms with Gasteiger partial charge in [0.1, 0.15) is 0 Å². The zero-order valence-corrected chi connectivity index (χ0v) is 10.4. The number of para-hydroxylation sites is 1. The van der Waals surface area contributed by atoms with Crippen LogP contribution in [0.4, 0.5) is 11.5 Å². The second-order valence-corrected chi connectivity index (χ2v) is 4.11. The molecule has 0 atom stereocenters. The Morgan fingerprint density at radius 1 is 1.24 bits per heavy atom. The lowest BCUT2D eigenvalue weighted by Gasteiger charge is -2.21. The highest BCUT2D eigenvalue weighted by Gasteiger charge is 2.11. The molecule has 2 aromatic rings. The normalized spacial score (nSPS) is 10.3. The Morgan fingerprint density at radius 2 is 2.00 bits per heavy atom. The maximum Gasteiger partial charge on any atom is 0.151 e. The fourth-order valence-corrected chi connectivity index (χ4v) is 2.00. The summed E-state index contributed by atoms with van der Waals surface area (Å²) in [6.07, 6.45) is 1.72. The molecule has 0 aliphatic carbocycles. The minimum atomic E-state index is 0.491. The van der Waals surface area contributed by atoms with Crippen LogP contribution in [-0.2, 0) is 6.54 Å².